The maximum Gasteiger partial charge on any atom is 0.229 e. The highest BCUT2D eigenvalue weighted by atomic mass is 35.5. The summed E-state index contributed by atoms with van der Waals surface area (Å²) in [6.07, 6.45) is 4.62. The number of amides is 1. The van der Waals surface area contributed by atoms with Crippen LogP contribution in [0.1, 0.15) is 18.4 Å². The van der Waals surface area contributed by atoms with Gasteiger partial charge in [-0.1, -0.05) is 40.6 Å². The minimum atomic E-state index is 0.00436. The molecule has 0 aliphatic heterocycles. The summed E-state index contributed by atoms with van der Waals surface area (Å²) in [7, 11) is 1.60. The number of nitrogens with zero attached hydrogens (tertiary/aromatic N) is 3. The highest BCUT2D eigenvalue weighted by Gasteiger charge is 2.22. The Balaban J connectivity index is 1.52. The average molecular weight is 518 g/mol. The van der Waals surface area contributed by atoms with E-state index in [1.54, 1.807) is 48.3 Å². The van der Waals surface area contributed by atoms with E-state index in [0.29, 0.717) is 39.4 Å². The number of pyridine rings is 1. The third-order valence-corrected chi connectivity index (χ3v) is 7.77. The van der Waals surface area contributed by atoms with Gasteiger partial charge in [0.25, 0.3) is 0 Å². The molecule has 5 nitrogen and oxygen atoms in total. The van der Waals surface area contributed by atoms with Gasteiger partial charge in [0, 0.05) is 28.7 Å². The number of thiazole rings is 1. The van der Waals surface area contributed by atoms with Crippen molar-refractivity contribution in [2.45, 2.75) is 24.3 Å². The van der Waals surface area contributed by atoms with Gasteiger partial charge in [-0.3, -0.25) is 14.7 Å². The van der Waals surface area contributed by atoms with Crippen LogP contribution in [0, 0.1) is 0 Å². The predicted molar refractivity (Wildman–Crippen MR) is 138 cm³/mol. The Morgan fingerprint density at radius 2 is 1.97 bits per heavy atom. The van der Waals surface area contributed by atoms with Crippen LogP contribution in [-0.4, -0.2) is 28.7 Å². The van der Waals surface area contributed by atoms with Crippen LogP contribution in [0.15, 0.2) is 65.8 Å². The predicted octanol–water partition coefficient (Wildman–Crippen LogP) is 7.11. The maximum absolute atomic E-state index is 13.3. The van der Waals surface area contributed by atoms with E-state index in [1.165, 1.54) is 11.3 Å². The number of ether oxygens (including phenoxy) is 1. The largest absolute Gasteiger partial charge is 0.494 e. The minimum absolute atomic E-state index is 0.00436. The van der Waals surface area contributed by atoms with Crippen LogP contribution in [0.5, 0.6) is 5.75 Å². The molecule has 0 aliphatic carbocycles. The lowest BCUT2D eigenvalue weighted by molar-refractivity contribution is -0.118. The van der Waals surface area contributed by atoms with Crippen LogP contribution in [0.4, 0.5) is 5.13 Å². The van der Waals surface area contributed by atoms with Gasteiger partial charge in [0.2, 0.25) is 5.91 Å². The fraction of sp³-hybridized carbons (Fsp3) is 0.208. The standard InChI is InChI=1S/C24H21Cl2N3O2S2/c1-31-20-11-10-19(26)23-22(20)28-24(33-23)29(15-16-4-2-12-27-14-16)21(30)5-3-13-32-18-8-6-17(25)7-9-18/h2,4,6-12,14H,3,5,13,15H2,1H3. The third kappa shape index (κ3) is 5.98. The lowest BCUT2D eigenvalue weighted by Crippen LogP contribution is -2.30. The van der Waals surface area contributed by atoms with Crippen LogP contribution >= 0.6 is 46.3 Å². The summed E-state index contributed by atoms with van der Waals surface area (Å²) < 4.78 is 6.24. The van der Waals surface area contributed by atoms with Gasteiger partial charge in [0.1, 0.15) is 11.3 Å². The Bertz CT molecular complexity index is 1230. The normalized spacial score (nSPS) is 11.0. The molecule has 170 valence electrons. The summed E-state index contributed by atoms with van der Waals surface area (Å²) in [6.45, 7) is 0.386. The van der Waals surface area contributed by atoms with Crippen LogP contribution in [0.2, 0.25) is 10.0 Å². The molecule has 0 aliphatic rings. The van der Waals surface area contributed by atoms with Crippen molar-refractivity contribution in [2.24, 2.45) is 0 Å². The number of carbonyl (C=O) groups excluding carboxylic acids is 1. The van der Waals surface area contributed by atoms with Crippen molar-refractivity contribution in [3.8, 4) is 5.75 Å². The Morgan fingerprint density at radius 3 is 2.70 bits per heavy atom. The highest BCUT2D eigenvalue weighted by molar-refractivity contribution is 7.99. The zero-order chi connectivity index (χ0) is 23.2. The van der Waals surface area contributed by atoms with Crippen molar-refractivity contribution < 1.29 is 9.53 Å². The van der Waals surface area contributed by atoms with Crippen LogP contribution in [0.3, 0.4) is 0 Å². The second-order valence-corrected chi connectivity index (χ2v) is 10.2. The molecule has 1 amide bonds. The number of carbonyl (C=O) groups is 1. The molecule has 0 radical (unpaired) electrons. The molecule has 4 aromatic rings. The van der Waals surface area contributed by atoms with Crippen molar-refractivity contribution >= 4 is 67.6 Å². The first-order chi connectivity index (χ1) is 16.0. The first kappa shape index (κ1) is 23.8. The van der Waals surface area contributed by atoms with Crippen molar-refractivity contribution in [2.75, 3.05) is 17.8 Å². The molecular formula is C24H21Cl2N3O2S2. The molecule has 2 heterocycles. The molecule has 0 saturated heterocycles. The number of halogens is 2. The molecule has 33 heavy (non-hydrogen) atoms. The quantitative estimate of drug-likeness (QED) is 0.175. The Kier molecular flexibility index (Phi) is 8.09. The number of aromatic nitrogens is 2. The molecule has 0 fully saturated rings. The SMILES string of the molecule is COc1ccc(Cl)c2sc(N(Cc3cccnc3)C(=O)CCCSc3ccc(Cl)cc3)nc12. The molecular weight excluding hydrogens is 497 g/mol. The van der Waals surface area contributed by atoms with Crippen LogP contribution in [0.25, 0.3) is 10.2 Å². The van der Waals surface area contributed by atoms with Gasteiger partial charge in [0.05, 0.1) is 23.4 Å². The number of anilines is 1. The maximum atomic E-state index is 13.3. The molecule has 0 saturated carbocycles. The number of hydrogen-bond donors (Lipinski definition) is 0. The van der Waals surface area contributed by atoms with Gasteiger partial charge >= 0.3 is 0 Å². The Hall–Kier alpha value is -2.32. The van der Waals surface area contributed by atoms with Crippen molar-refractivity contribution in [3.05, 3.63) is 76.5 Å². The van der Waals surface area contributed by atoms with Gasteiger partial charge < -0.3 is 4.74 Å². The lowest BCUT2D eigenvalue weighted by atomic mass is 10.2. The minimum Gasteiger partial charge on any atom is -0.494 e. The van der Waals surface area contributed by atoms with Crippen molar-refractivity contribution in [1.29, 1.82) is 0 Å². The van der Waals surface area contributed by atoms with E-state index in [9.17, 15) is 4.79 Å². The van der Waals surface area contributed by atoms with E-state index in [2.05, 4.69) is 4.98 Å². The molecule has 0 bridgehead atoms. The number of hydrogen-bond acceptors (Lipinski definition) is 6. The second kappa shape index (κ2) is 11.2. The fourth-order valence-electron chi connectivity index (χ4n) is 3.24. The smallest absolute Gasteiger partial charge is 0.229 e. The Morgan fingerprint density at radius 1 is 1.15 bits per heavy atom. The molecule has 9 heteroatoms. The number of fused-ring (bicyclic) bond motifs is 1. The topological polar surface area (TPSA) is 55.3 Å². The summed E-state index contributed by atoms with van der Waals surface area (Å²) in [4.78, 5) is 25.0. The van der Waals surface area contributed by atoms with Crippen LogP contribution in [-0.2, 0) is 11.3 Å². The molecule has 0 N–H and O–H groups in total. The van der Waals surface area contributed by atoms with E-state index in [0.717, 1.165) is 27.3 Å². The average Bonchev–Trinajstić information content (AvgIpc) is 3.28. The molecule has 0 atom stereocenters. The number of methoxy groups -OCH3 is 1. The number of thioether (sulfide) groups is 1. The monoisotopic (exact) mass is 517 g/mol. The van der Waals surface area contributed by atoms with Crippen molar-refractivity contribution in [1.82, 2.24) is 9.97 Å². The number of rotatable bonds is 9. The third-order valence-electron chi connectivity index (χ3n) is 4.88. The highest BCUT2D eigenvalue weighted by Crippen LogP contribution is 2.39. The summed E-state index contributed by atoms with van der Waals surface area (Å²) >= 11 is 15.4. The van der Waals surface area contributed by atoms with E-state index in [4.69, 9.17) is 32.9 Å². The van der Waals surface area contributed by atoms with Gasteiger partial charge in [-0.25, -0.2) is 4.98 Å². The second-order valence-electron chi connectivity index (χ2n) is 7.17. The molecule has 4 rings (SSSR count). The summed E-state index contributed by atoms with van der Waals surface area (Å²) in [5.41, 5.74) is 1.59. The first-order valence-corrected chi connectivity index (χ1v) is 12.8. The number of benzene rings is 2. The van der Waals surface area contributed by atoms with Gasteiger partial charge in [0.15, 0.2) is 5.13 Å². The molecule has 2 aromatic carbocycles. The van der Waals surface area contributed by atoms with E-state index >= 15 is 0 Å². The lowest BCUT2D eigenvalue weighted by Gasteiger charge is -2.20. The van der Waals surface area contributed by atoms with Gasteiger partial charge in [-0.15, -0.1) is 11.8 Å². The zero-order valence-electron chi connectivity index (χ0n) is 17.8. The van der Waals surface area contributed by atoms with Gasteiger partial charge in [-0.2, -0.15) is 0 Å². The first-order valence-electron chi connectivity index (χ1n) is 10.3. The molecule has 2 aromatic heterocycles. The summed E-state index contributed by atoms with van der Waals surface area (Å²) in [5.74, 6) is 1.46. The molecule has 0 spiro atoms. The van der Waals surface area contributed by atoms with Crippen LogP contribution < -0.4 is 9.64 Å². The van der Waals surface area contributed by atoms with E-state index in [-0.39, 0.29) is 5.91 Å². The molecule has 0 unspecified atom stereocenters. The van der Waals surface area contributed by atoms with E-state index < -0.39 is 0 Å². The summed E-state index contributed by atoms with van der Waals surface area (Å²) in [5, 5.41) is 1.89. The fourth-order valence-corrected chi connectivity index (χ4v) is 5.49. The van der Waals surface area contributed by atoms with Crippen molar-refractivity contribution in [3.63, 3.8) is 0 Å². The van der Waals surface area contributed by atoms with Gasteiger partial charge in [-0.05, 0) is 60.2 Å². The van der Waals surface area contributed by atoms with E-state index in [1.807, 2.05) is 36.4 Å². The Labute approximate surface area is 210 Å². The summed E-state index contributed by atoms with van der Waals surface area (Å²) in [6, 6.07) is 15.1. The zero-order valence-corrected chi connectivity index (χ0v) is 21.0.